The fraction of sp³-hybridized carbons (Fsp3) is 0.353. The van der Waals surface area contributed by atoms with Crippen LogP contribution in [0.3, 0.4) is 0 Å². The van der Waals surface area contributed by atoms with Crippen molar-refractivity contribution in [1.82, 2.24) is 0 Å². The fourth-order valence-electron chi connectivity index (χ4n) is 6.20. The number of allylic oxidation sites excluding steroid dienone is 5. The summed E-state index contributed by atoms with van der Waals surface area (Å²) < 4.78 is 72.5. The van der Waals surface area contributed by atoms with Gasteiger partial charge in [0.05, 0.1) is 23.2 Å². The van der Waals surface area contributed by atoms with Crippen LogP contribution in [0.2, 0.25) is 0 Å². The first kappa shape index (κ1) is 32.7. The minimum Gasteiger partial charge on any atom is -0.494 e. The van der Waals surface area contributed by atoms with Crippen molar-refractivity contribution in [3.63, 3.8) is 0 Å². The third-order valence-electron chi connectivity index (χ3n) is 8.58. The van der Waals surface area contributed by atoms with E-state index in [0.29, 0.717) is 49.5 Å². The van der Waals surface area contributed by atoms with Gasteiger partial charge in [-0.05, 0) is 120 Å². The Balaban J connectivity index is 1.44. The maximum Gasteiger partial charge on any atom is 0.320 e. The van der Waals surface area contributed by atoms with Crippen molar-refractivity contribution in [2.24, 2.45) is 11.5 Å². The largest absolute Gasteiger partial charge is 0.494 e. The Morgan fingerprint density at radius 2 is 1.38 bits per heavy atom. The number of hydrogen-bond donors (Lipinski definition) is 2. The van der Waals surface area contributed by atoms with Gasteiger partial charge in [0.15, 0.2) is 0 Å². The normalized spacial score (nSPS) is 29.6. The van der Waals surface area contributed by atoms with E-state index in [0.717, 1.165) is 56.4 Å². The van der Waals surface area contributed by atoms with Crippen molar-refractivity contribution in [2.45, 2.75) is 45.0 Å². The molecule has 2 aromatic carbocycles. The van der Waals surface area contributed by atoms with Gasteiger partial charge in [-0.1, -0.05) is 30.8 Å². The molecule has 0 radical (unpaired) electrons. The zero-order valence-electron chi connectivity index (χ0n) is 24.6. The number of alkyl halides is 5. The van der Waals surface area contributed by atoms with Gasteiger partial charge in [-0.2, -0.15) is 8.78 Å². The van der Waals surface area contributed by atoms with Gasteiger partial charge in [0.2, 0.25) is 5.67 Å². The molecular formula is C34H33F4IN2O2S2. The number of hydrogen-bond acceptors (Lipinski definition) is 6. The molecule has 2 aliphatic heterocycles. The van der Waals surface area contributed by atoms with Crippen molar-refractivity contribution < 1.29 is 27.0 Å². The lowest BCUT2D eigenvalue weighted by molar-refractivity contribution is -0.0654. The molecule has 0 aromatic heterocycles. The number of benzene rings is 2. The van der Waals surface area contributed by atoms with E-state index in [-0.39, 0.29) is 11.1 Å². The third kappa shape index (κ3) is 5.12. The smallest absolute Gasteiger partial charge is 0.320 e. The molecule has 6 rings (SSSR count). The van der Waals surface area contributed by atoms with Crippen molar-refractivity contribution >= 4 is 55.9 Å². The van der Waals surface area contributed by atoms with Gasteiger partial charge in [-0.15, -0.1) is 23.5 Å². The number of nitrogens with two attached hydrogens (primary N) is 2. The van der Waals surface area contributed by atoms with Crippen LogP contribution >= 0.6 is 46.1 Å². The Bertz CT molecular complexity index is 1640. The minimum absolute atomic E-state index is 0.241. The Hall–Kier alpha value is -2.19. The summed E-state index contributed by atoms with van der Waals surface area (Å²) in [6.45, 7) is 7.42. The van der Waals surface area contributed by atoms with E-state index in [9.17, 15) is 0 Å². The molecule has 238 valence electrons. The molecule has 2 aliphatic carbocycles. The lowest BCUT2D eigenvalue weighted by atomic mass is 9.76. The lowest BCUT2D eigenvalue weighted by Gasteiger charge is -2.39. The van der Waals surface area contributed by atoms with E-state index in [1.54, 1.807) is 12.2 Å². The zero-order chi connectivity index (χ0) is 32.2. The van der Waals surface area contributed by atoms with Crippen LogP contribution in [-0.4, -0.2) is 51.6 Å². The summed E-state index contributed by atoms with van der Waals surface area (Å²) in [6.07, 6.45) is 5.57. The summed E-state index contributed by atoms with van der Waals surface area (Å²) in [5, 5.41) is -0.462. The highest BCUT2D eigenvalue weighted by Crippen LogP contribution is 2.73. The molecule has 0 amide bonds. The molecule has 3 unspecified atom stereocenters. The standard InChI is InChI=1S/C34H33F4IN2O2S2/c1-3-32(35)28-24-18-26(20-6-10-22(11-7-20)42-16-4-14-40)44-30(24)31(2)25(29(28)33(36,37)34(32,38)39)19-27(45-31)21-8-12-23(13-9-21)43-17-5-15-41/h3,6-13,18-19,30H,1,4-5,14-17,40-41H2,2H3/t30?,31-,32?,34?/m1/s1. The van der Waals surface area contributed by atoms with Crippen LogP contribution in [0.5, 0.6) is 11.5 Å². The van der Waals surface area contributed by atoms with Crippen LogP contribution in [0.25, 0.3) is 9.81 Å². The molecule has 0 spiro atoms. The summed E-state index contributed by atoms with van der Waals surface area (Å²) in [7, 11) is 0. The molecule has 2 heterocycles. The van der Waals surface area contributed by atoms with Crippen LogP contribution in [0.15, 0.2) is 95.6 Å². The predicted octanol–water partition coefficient (Wildman–Crippen LogP) is 8.40. The van der Waals surface area contributed by atoms with Crippen LogP contribution < -0.4 is 20.9 Å². The molecule has 0 bridgehead atoms. The summed E-state index contributed by atoms with van der Waals surface area (Å²) in [4.78, 5) is 1.52. The first-order valence-corrected chi connectivity index (χ1v) is 17.4. The second-order valence-electron chi connectivity index (χ2n) is 11.4. The van der Waals surface area contributed by atoms with E-state index in [4.69, 9.17) is 20.9 Å². The average Bonchev–Trinajstić information content (AvgIpc) is 3.66. The van der Waals surface area contributed by atoms with Gasteiger partial charge >= 0.3 is 5.92 Å². The second kappa shape index (κ2) is 12.1. The average molecular weight is 769 g/mol. The number of ether oxygens (including phenoxy) is 2. The Labute approximate surface area is 282 Å². The number of fused-ring (bicyclic) bond motifs is 4. The van der Waals surface area contributed by atoms with E-state index >= 15 is 17.6 Å². The van der Waals surface area contributed by atoms with Gasteiger partial charge in [0.25, 0.3) is 3.68 Å². The molecule has 2 aromatic rings. The molecule has 4 N–H and O–H groups in total. The van der Waals surface area contributed by atoms with Gasteiger partial charge in [0, 0.05) is 21.0 Å². The van der Waals surface area contributed by atoms with E-state index < -0.39 is 30.8 Å². The highest BCUT2D eigenvalue weighted by atomic mass is 127. The van der Waals surface area contributed by atoms with Crippen LogP contribution in [-0.2, 0) is 0 Å². The minimum atomic E-state index is -4.11. The molecule has 11 heteroatoms. The molecule has 4 atom stereocenters. The van der Waals surface area contributed by atoms with E-state index in [1.165, 1.54) is 23.5 Å². The molecule has 45 heavy (non-hydrogen) atoms. The zero-order valence-corrected chi connectivity index (χ0v) is 28.3. The summed E-state index contributed by atoms with van der Waals surface area (Å²) in [6, 6.07) is 14.8. The summed E-state index contributed by atoms with van der Waals surface area (Å²) >= 11 is 3.86. The molecule has 1 saturated carbocycles. The van der Waals surface area contributed by atoms with Crippen molar-refractivity contribution in [1.29, 1.82) is 0 Å². The lowest BCUT2D eigenvalue weighted by Crippen LogP contribution is -2.47. The highest BCUT2D eigenvalue weighted by Gasteiger charge is 2.79. The second-order valence-corrected chi connectivity index (χ2v) is 15.6. The number of thioether (sulfide) groups is 2. The van der Waals surface area contributed by atoms with Crippen molar-refractivity contribution in [3.05, 3.63) is 107 Å². The molecule has 4 nitrogen and oxygen atoms in total. The third-order valence-corrected chi connectivity index (χ3v) is 13.2. The summed E-state index contributed by atoms with van der Waals surface area (Å²) in [5.41, 5.74) is 9.34. The monoisotopic (exact) mass is 768 g/mol. The molecule has 1 fully saturated rings. The van der Waals surface area contributed by atoms with Crippen molar-refractivity contribution in [2.75, 3.05) is 26.3 Å². The summed E-state index contributed by atoms with van der Waals surface area (Å²) in [5.74, 6) is -2.76. The van der Waals surface area contributed by atoms with E-state index in [2.05, 4.69) is 6.58 Å². The van der Waals surface area contributed by atoms with Crippen LogP contribution in [0, 0.1) is 0 Å². The fourth-order valence-corrected chi connectivity index (χ4v) is 10.0. The maximum atomic E-state index is 16.8. The van der Waals surface area contributed by atoms with E-state index in [1.807, 2.05) is 55.5 Å². The van der Waals surface area contributed by atoms with Crippen LogP contribution in [0.1, 0.15) is 30.9 Å². The quantitative estimate of drug-likeness (QED) is 0.0788. The molecular weight excluding hydrogens is 735 g/mol. The van der Waals surface area contributed by atoms with Crippen LogP contribution in [0.4, 0.5) is 17.6 Å². The highest BCUT2D eigenvalue weighted by molar-refractivity contribution is 14.1. The van der Waals surface area contributed by atoms with Gasteiger partial charge < -0.3 is 20.9 Å². The predicted molar refractivity (Wildman–Crippen MR) is 185 cm³/mol. The van der Waals surface area contributed by atoms with Gasteiger partial charge in [0.1, 0.15) is 11.5 Å². The Kier molecular flexibility index (Phi) is 8.81. The maximum absolute atomic E-state index is 16.8. The topological polar surface area (TPSA) is 70.5 Å². The Morgan fingerprint density at radius 3 is 1.89 bits per heavy atom. The van der Waals surface area contributed by atoms with Gasteiger partial charge in [-0.25, -0.2) is 8.78 Å². The molecule has 4 aliphatic rings. The van der Waals surface area contributed by atoms with Gasteiger partial charge in [-0.3, -0.25) is 0 Å². The Morgan fingerprint density at radius 1 is 0.844 bits per heavy atom. The SMILES string of the molecule is C=CC1(F)C2=C3C=C(c4ccc(OCCCN)cc4)SC3[C@]3(C)SC(c4ccc(OCCCN)cc4)=CC3=C2C(F)(F)C1(F)I. The first-order valence-electron chi connectivity index (χ1n) is 14.7. The molecule has 0 saturated heterocycles. The number of halogens is 5. The van der Waals surface area contributed by atoms with Crippen molar-refractivity contribution in [3.8, 4) is 11.5 Å². The first-order chi connectivity index (χ1) is 21.4. The number of rotatable bonds is 11.